The zero-order valence-electron chi connectivity index (χ0n) is 7.19. The van der Waals surface area contributed by atoms with Crippen LogP contribution >= 0.6 is 0 Å². The van der Waals surface area contributed by atoms with E-state index in [1.54, 1.807) is 24.3 Å². The molecule has 1 atom stereocenters. The van der Waals surface area contributed by atoms with Gasteiger partial charge in [0.15, 0.2) is 5.92 Å². The highest BCUT2D eigenvalue weighted by molar-refractivity contribution is 5.79. The first-order valence-electron chi connectivity index (χ1n) is 3.84. The van der Waals surface area contributed by atoms with Gasteiger partial charge in [0.05, 0.1) is 6.07 Å². The third kappa shape index (κ3) is 2.06. The molecule has 3 heteroatoms. The van der Waals surface area contributed by atoms with Gasteiger partial charge < -0.3 is 5.11 Å². The lowest BCUT2D eigenvalue weighted by atomic mass is 9.99. The maximum atomic E-state index is 10.6. The fourth-order valence-electron chi connectivity index (χ4n) is 1.12. The van der Waals surface area contributed by atoms with Gasteiger partial charge in [-0.2, -0.15) is 5.26 Å². The van der Waals surface area contributed by atoms with E-state index in [0.717, 1.165) is 5.56 Å². The summed E-state index contributed by atoms with van der Waals surface area (Å²) in [4.78, 5) is 10.6. The molecule has 1 unspecified atom stereocenters. The highest BCUT2D eigenvalue weighted by Gasteiger charge is 2.18. The minimum Gasteiger partial charge on any atom is -0.480 e. The first-order chi connectivity index (χ1) is 6.15. The highest BCUT2D eigenvalue weighted by Crippen LogP contribution is 2.16. The normalized spacial score (nSPS) is 11.7. The molecule has 0 bridgehead atoms. The summed E-state index contributed by atoms with van der Waals surface area (Å²) < 4.78 is 0. The van der Waals surface area contributed by atoms with Gasteiger partial charge in [-0.1, -0.05) is 29.8 Å². The molecule has 0 saturated heterocycles. The standard InChI is InChI=1S/C10H9NO2/c1-7-3-2-4-8(5-7)9(6-11)10(12)13/h2-5,9H,1H3,(H,12,13). The summed E-state index contributed by atoms with van der Waals surface area (Å²) in [6, 6.07) is 8.71. The van der Waals surface area contributed by atoms with Crippen LogP contribution in [0.15, 0.2) is 24.3 Å². The summed E-state index contributed by atoms with van der Waals surface area (Å²) in [7, 11) is 0. The molecule has 1 aromatic carbocycles. The summed E-state index contributed by atoms with van der Waals surface area (Å²) in [6.45, 7) is 1.86. The summed E-state index contributed by atoms with van der Waals surface area (Å²) >= 11 is 0. The zero-order chi connectivity index (χ0) is 9.84. The molecule has 1 N–H and O–H groups in total. The smallest absolute Gasteiger partial charge is 0.325 e. The lowest BCUT2D eigenvalue weighted by Gasteiger charge is -2.03. The van der Waals surface area contributed by atoms with Crippen LogP contribution in [0.4, 0.5) is 0 Å². The topological polar surface area (TPSA) is 61.1 Å². The molecule has 0 aromatic heterocycles. The second-order valence-electron chi connectivity index (χ2n) is 2.81. The quantitative estimate of drug-likeness (QED) is 0.743. The van der Waals surface area contributed by atoms with Crippen molar-refractivity contribution in [3.05, 3.63) is 35.4 Å². The van der Waals surface area contributed by atoms with Crippen molar-refractivity contribution in [3.8, 4) is 6.07 Å². The van der Waals surface area contributed by atoms with Crippen molar-refractivity contribution in [1.29, 1.82) is 5.26 Å². The molecule has 3 nitrogen and oxygen atoms in total. The minimum absolute atomic E-state index is 0.537. The molecule has 0 aliphatic carbocycles. The maximum Gasteiger partial charge on any atom is 0.325 e. The lowest BCUT2D eigenvalue weighted by molar-refractivity contribution is -0.137. The van der Waals surface area contributed by atoms with Gasteiger partial charge in [-0.05, 0) is 12.5 Å². The molecule has 1 aromatic rings. The number of nitriles is 1. The van der Waals surface area contributed by atoms with Gasteiger partial charge in [0.2, 0.25) is 0 Å². The monoisotopic (exact) mass is 175 g/mol. The van der Waals surface area contributed by atoms with E-state index in [0.29, 0.717) is 5.56 Å². The molecule has 0 aliphatic rings. The van der Waals surface area contributed by atoms with Crippen molar-refractivity contribution < 1.29 is 9.90 Å². The van der Waals surface area contributed by atoms with Crippen molar-refractivity contribution >= 4 is 5.97 Å². The van der Waals surface area contributed by atoms with Gasteiger partial charge in [0.1, 0.15) is 0 Å². The van der Waals surface area contributed by atoms with E-state index in [1.807, 2.05) is 13.0 Å². The Morgan fingerprint density at radius 2 is 2.31 bits per heavy atom. The van der Waals surface area contributed by atoms with Gasteiger partial charge in [-0.15, -0.1) is 0 Å². The number of benzene rings is 1. The second kappa shape index (κ2) is 3.72. The van der Waals surface area contributed by atoms with Crippen LogP contribution in [0.2, 0.25) is 0 Å². The molecular weight excluding hydrogens is 166 g/mol. The lowest BCUT2D eigenvalue weighted by Crippen LogP contribution is -2.09. The third-order valence-electron chi connectivity index (χ3n) is 1.75. The Bertz CT molecular complexity index is 365. The van der Waals surface area contributed by atoms with Crippen LogP contribution in [0.25, 0.3) is 0 Å². The molecule has 0 radical (unpaired) electrons. The van der Waals surface area contributed by atoms with Crippen LogP contribution in [0.1, 0.15) is 17.0 Å². The number of aryl methyl sites for hydroxylation is 1. The van der Waals surface area contributed by atoms with Crippen LogP contribution in [0, 0.1) is 18.3 Å². The second-order valence-corrected chi connectivity index (χ2v) is 2.81. The van der Waals surface area contributed by atoms with Gasteiger partial charge in [0, 0.05) is 0 Å². The predicted molar refractivity (Wildman–Crippen MR) is 47.2 cm³/mol. The van der Waals surface area contributed by atoms with Crippen molar-refractivity contribution in [2.24, 2.45) is 0 Å². The SMILES string of the molecule is Cc1cccc(C(C#N)C(=O)O)c1. The van der Waals surface area contributed by atoms with Crippen LogP contribution in [0.3, 0.4) is 0 Å². The number of hydrogen-bond donors (Lipinski definition) is 1. The number of carboxylic acids is 1. The number of rotatable bonds is 2. The van der Waals surface area contributed by atoms with Crippen molar-refractivity contribution in [1.82, 2.24) is 0 Å². The molecule has 1 rings (SSSR count). The van der Waals surface area contributed by atoms with E-state index in [2.05, 4.69) is 0 Å². The largest absolute Gasteiger partial charge is 0.480 e. The number of nitrogens with zero attached hydrogens (tertiary/aromatic N) is 1. The Morgan fingerprint density at radius 1 is 1.62 bits per heavy atom. The molecule has 66 valence electrons. The average Bonchev–Trinajstić information content (AvgIpc) is 2.04. The van der Waals surface area contributed by atoms with Crippen LogP contribution in [-0.2, 0) is 4.79 Å². The molecule has 0 aliphatic heterocycles. The number of carboxylic acid groups (broad SMARTS) is 1. The van der Waals surface area contributed by atoms with E-state index in [1.165, 1.54) is 0 Å². The fourth-order valence-corrected chi connectivity index (χ4v) is 1.12. The van der Waals surface area contributed by atoms with Crippen molar-refractivity contribution in [2.45, 2.75) is 12.8 Å². The predicted octanol–water partition coefficient (Wildman–Crippen LogP) is 1.69. The summed E-state index contributed by atoms with van der Waals surface area (Å²) in [5.74, 6) is -2.16. The Morgan fingerprint density at radius 3 is 2.77 bits per heavy atom. The molecular formula is C10H9NO2. The van der Waals surface area contributed by atoms with Gasteiger partial charge in [-0.25, -0.2) is 0 Å². The Labute approximate surface area is 76.2 Å². The van der Waals surface area contributed by atoms with E-state index in [-0.39, 0.29) is 0 Å². The highest BCUT2D eigenvalue weighted by atomic mass is 16.4. The molecule has 13 heavy (non-hydrogen) atoms. The van der Waals surface area contributed by atoms with Crippen LogP contribution in [0.5, 0.6) is 0 Å². The van der Waals surface area contributed by atoms with Gasteiger partial charge in [0.25, 0.3) is 0 Å². The summed E-state index contributed by atoms with van der Waals surface area (Å²) in [5.41, 5.74) is 1.49. The van der Waals surface area contributed by atoms with E-state index >= 15 is 0 Å². The summed E-state index contributed by atoms with van der Waals surface area (Å²) in [5, 5.41) is 17.3. The van der Waals surface area contributed by atoms with E-state index in [4.69, 9.17) is 10.4 Å². The van der Waals surface area contributed by atoms with E-state index in [9.17, 15) is 4.79 Å². The number of aliphatic carboxylic acids is 1. The van der Waals surface area contributed by atoms with E-state index < -0.39 is 11.9 Å². The average molecular weight is 175 g/mol. The number of carbonyl (C=O) groups is 1. The third-order valence-corrected chi connectivity index (χ3v) is 1.75. The van der Waals surface area contributed by atoms with Gasteiger partial charge in [-0.3, -0.25) is 4.79 Å². The molecule has 0 spiro atoms. The maximum absolute atomic E-state index is 10.6. The molecule has 0 saturated carbocycles. The van der Waals surface area contributed by atoms with Gasteiger partial charge >= 0.3 is 5.97 Å². The first-order valence-corrected chi connectivity index (χ1v) is 3.84. The Balaban J connectivity index is 3.07. The Kier molecular flexibility index (Phi) is 2.65. The molecule has 0 heterocycles. The fraction of sp³-hybridized carbons (Fsp3) is 0.200. The first kappa shape index (κ1) is 9.27. The minimum atomic E-state index is -1.10. The Hall–Kier alpha value is -1.82. The number of hydrogen-bond acceptors (Lipinski definition) is 2. The van der Waals surface area contributed by atoms with Crippen molar-refractivity contribution in [2.75, 3.05) is 0 Å². The van der Waals surface area contributed by atoms with Crippen LogP contribution < -0.4 is 0 Å². The van der Waals surface area contributed by atoms with Crippen LogP contribution in [-0.4, -0.2) is 11.1 Å². The van der Waals surface area contributed by atoms with Crippen molar-refractivity contribution in [3.63, 3.8) is 0 Å². The molecule has 0 amide bonds. The zero-order valence-corrected chi connectivity index (χ0v) is 7.19. The summed E-state index contributed by atoms with van der Waals surface area (Å²) in [6.07, 6.45) is 0. The molecule has 0 fully saturated rings.